The zero-order valence-electron chi connectivity index (χ0n) is 28.6. The average Bonchev–Trinajstić information content (AvgIpc) is 3.45. The molecule has 0 bridgehead atoms. The SMILES string of the molecule is CC1(C)c2cc(-c3ccc(-c4nc(-c5ccccc5)cc(-c5ccccc5)n4)cc3)c3ccccc3c2-c2c1c1ccccc1c1ccccc21. The lowest BCUT2D eigenvalue weighted by Crippen LogP contribution is -2.16. The molecule has 2 nitrogen and oxygen atoms in total. The summed E-state index contributed by atoms with van der Waals surface area (Å²) in [6.07, 6.45) is 0. The number of benzene rings is 8. The van der Waals surface area contributed by atoms with Gasteiger partial charge < -0.3 is 0 Å². The average molecular weight is 651 g/mol. The van der Waals surface area contributed by atoms with Crippen molar-refractivity contribution in [1.82, 2.24) is 9.97 Å². The van der Waals surface area contributed by atoms with Gasteiger partial charge in [0.05, 0.1) is 11.4 Å². The summed E-state index contributed by atoms with van der Waals surface area (Å²) in [6.45, 7) is 4.81. The van der Waals surface area contributed by atoms with Crippen LogP contribution >= 0.6 is 0 Å². The van der Waals surface area contributed by atoms with Gasteiger partial charge in [0.1, 0.15) is 0 Å². The predicted octanol–water partition coefficient (Wildman–Crippen LogP) is 12.9. The van der Waals surface area contributed by atoms with E-state index in [-0.39, 0.29) is 5.41 Å². The van der Waals surface area contributed by atoms with Gasteiger partial charge in [0.2, 0.25) is 0 Å². The Kier molecular flexibility index (Phi) is 6.56. The van der Waals surface area contributed by atoms with Crippen molar-refractivity contribution in [2.75, 3.05) is 0 Å². The molecule has 1 aliphatic rings. The van der Waals surface area contributed by atoms with Gasteiger partial charge in [-0.2, -0.15) is 0 Å². The number of rotatable bonds is 4. The predicted molar refractivity (Wildman–Crippen MR) is 214 cm³/mol. The number of hydrogen-bond acceptors (Lipinski definition) is 2. The first-order valence-corrected chi connectivity index (χ1v) is 17.7. The second-order valence-electron chi connectivity index (χ2n) is 14.1. The first-order chi connectivity index (χ1) is 25.1. The molecular weight excluding hydrogens is 617 g/mol. The molecule has 10 rings (SSSR count). The Morgan fingerprint density at radius 3 is 1.41 bits per heavy atom. The quantitative estimate of drug-likeness (QED) is 0.177. The van der Waals surface area contributed by atoms with E-state index in [1.807, 2.05) is 12.1 Å². The number of fused-ring (bicyclic) bond motifs is 10. The van der Waals surface area contributed by atoms with E-state index in [0.29, 0.717) is 0 Å². The van der Waals surface area contributed by atoms with E-state index >= 15 is 0 Å². The van der Waals surface area contributed by atoms with Crippen molar-refractivity contribution >= 4 is 32.3 Å². The van der Waals surface area contributed by atoms with Gasteiger partial charge in [0.25, 0.3) is 0 Å². The molecule has 0 amide bonds. The third-order valence-electron chi connectivity index (χ3n) is 10.8. The summed E-state index contributed by atoms with van der Waals surface area (Å²) in [5, 5.41) is 7.87. The summed E-state index contributed by atoms with van der Waals surface area (Å²) in [7, 11) is 0. The normalized spacial score (nSPS) is 13.1. The fourth-order valence-electron chi connectivity index (χ4n) is 8.45. The molecular formula is C49H34N2. The van der Waals surface area contributed by atoms with E-state index in [0.717, 1.165) is 33.9 Å². The van der Waals surface area contributed by atoms with E-state index in [1.165, 1.54) is 65.7 Å². The molecule has 0 spiro atoms. The maximum Gasteiger partial charge on any atom is 0.160 e. The Morgan fingerprint density at radius 1 is 0.373 bits per heavy atom. The summed E-state index contributed by atoms with van der Waals surface area (Å²) in [6, 6.07) is 60.9. The molecule has 51 heavy (non-hydrogen) atoms. The van der Waals surface area contributed by atoms with Crippen LogP contribution in [0.15, 0.2) is 170 Å². The topological polar surface area (TPSA) is 25.8 Å². The fourth-order valence-corrected chi connectivity index (χ4v) is 8.45. The highest BCUT2D eigenvalue weighted by Gasteiger charge is 2.40. The molecule has 1 aromatic heterocycles. The van der Waals surface area contributed by atoms with Crippen LogP contribution in [0, 0.1) is 0 Å². The molecule has 9 aromatic rings. The molecule has 0 saturated carbocycles. The van der Waals surface area contributed by atoms with Gasteiger partial charge >= 0.3 is 0 Å². The molecule has 0 unspecified atom stereocenters. The minimum atomic E-state index is -0.188. The van der Waals surface area contributed by atoms with E-state index in [4.69, 9.17) is 9.97 Å². The Balaban J connectivity index is 1.15. The Hall–Kier alpha value is -6.38. The van der Waals surface area contributed by atoms with Crippen molar-refractivity contribution in [3.8, 4) is 56.2 Å². The van der Waals surface area contributed by atoms with Crippen LogP contribution in [0.1, 0.15) is 25.0 Å². The molecule has 8 aromatic carbocycles. The Morgan fingerprint density at radius 2 is 0.824 bits per heavy atom. The van der Waals surface area contributed by atoms with Crippen LogP contribution in [-0.4, -0.2) is 9.97 Å². The lowest BCUT2D eigenvalue weighted by atomic mass is 9.78. The molecule has 2 heteroatoms. The monoisotopic (exact) mass is 650 g/mol. The van der Waals surface area contributed by atoms with Crippen molar-refractivity contribution in [1.29, 1.82) is 0 Å². The number of nitrogens with zero attached hydrogens (tertiary/aromatic N) is 2. The Bertz CT molecular complexity index is 2740. The van der Waals surface area contributed by atoms with E-state index in [1.54, 1.807) is 0 Å². The zero-order chi connectivity index (χ0) is 34.1. The zero-order valence-corrected chi connectivity index (χ0v) is 28.6. The minimum Gasteiger partial charge on any atom is -0.228 e. The van der Waals surface area contributed by atoms with Crippen LogP contribution in [0.2, 0.25) is 0 Å². The lowest BCUT2D eigenvalue weighted by molar-refractivity contribution is 0.667. The Labute approximate surface area is 297 Å². The van der Waals surface area contributed by atoms with Crippen LogP contribution < -0.4 is 0 Å². The molecule has 0 radical (unpaired) electrons. The summed E-state index contributed by atoms with van der Waals surface area (Å²) in [5.74, 6) is 0.718. The molecule has 240 valence electrons. The fraction of sp³-hybridized carbons (Fsp3) is 0.0612. The number of aromatic nitrogens is 2. The first kappa shape index (κ1) is 29.5. The van der Waals surface area contributed by atoms with Crippen LogP contribution in [0.5, 0.6) is 0 Å². The van der Waals surface area contributed by atoms with Gasteiger partial charge in [-0.3, -0.25) is 0 Å². The van der Waals surface area contributed by atoms with Gasteiger partial charge in [-0.25, -0.2) is 9.97 Å². The summed E-state index contributed by atoms with van der Waals surface area (Å²) < 4.78 is 0. The third-order valence-corrected chi connectivity index (χ3v) is 10.8. The molecule has 1 heterocycles. The lowest BCUT2D eigenvalue weighted by Gasteiger charge is -2.25. The second-order valence-corrected chi connectivity index (χ2v) is 14.1. The highest BCUT2D eigenvalue weighted by atomic mass is 14.9. The van der Waals surface area contributed by atoms with E-state index in [2.05, 4.69) is 172 Å². The van der Waals surface area contributed by atoms with E-state index < -0.39 is 0 Å². The molecule has 0 aliphatic heterocycles. The van der Waals surface area contributed by atoms with Crippen molar-refractivity contribution < 1.29 is 0 Å². The molecule has 0 N–H and O–H groups in total. The number of hydrogen-bond donors (Lipinski definition) is 0. The first-order valence-electron chi connectivity index (χ1n) is 17.7. The van der Waals surface area contributed by atoms with Gasteiger partial charge in [0, 0.05) is 22.1 Å². The molecule has 0 fully saturated rings. The summed E-state index contributed by atoms with van der Waals surface area (Å²) in [4.78, 5) is 10.2. The minimum absolute atomic E-state index is 0.188. The van der Waals surface area contributed by atoms with Gasteiger partial charge in [-0.15, -0.1) is 0 Å². The van der Waals surface area contributed by atoms with Crippen LogP contribution in [-0.2, 0) is 5.41 Å². The maximum absolute atomic E-state index is 5.08. The standard InChI is InChI=1S/C49H34N2/c1-49(2)42-29-41(37-21-10-12-22-38(37)45(42)46-39-23-13-9-19-35(39)36-20-11-14-24-40(36)47(46)49)31-25-27-34(28-26-31)48-50-43(32-15-5-3-6-16-32)30-44(51-48)33-17-7-4-8-18-33/h3-30H,1-2H3. The van der Waals surface area contributed by atoms with Crippen LogP contribution in [0.3, 0.4) is 0 Å². The van der Waals surface area contributed by atoms with Crippen molar-refractivity contribution in [3.05, 3.63) is 181 Å². The maximum atomic E-state index is 5.08. The molecule has 1 aliphatic carbocycles. The largest absolute Gasteiger partial charge is 0.228 e. The van der Waals surface area contributed by atoms with Gasteiger partial charge in [-0.05, 0) is 77.8 Å². The summed E-state index contributed by atoms with van der Waals surface area (Å²) >= 11 is 0. The van der Waals surface area contributed by atoms with Gasteiger partial charge in [-0.1, -0.05) is 172 Å². The van der Waals surface area contributed by atoms with Crippen LogP contribution in [0.25, 0.3) is 88.5 Å². The third kappa shape index (κ3) is 4.57. The second kappa shape index (κ2) is 11.3. The highest BCUT2D eigenvalue weighted by molar-refractivity contribution is 6.22. The highest BCUT2D eigenvalue weighted by Crippen LogP contribution is 2.57. The van der Waals surface area contributed by atoms with Crippen molar-refractivity contribution in [2.45, 2.75) is 19.3 Å². The van der Waals surface area contributed by atoms with Crippen LogP contribution in [0.4, 0.5) is 0 Å². The molecule has 0 saturated heterocycles. The van der Waals surface area contributed by atoms with Gasteiger partial charge in [0.15, 0.2) is 5.82 Å². The smallest absolute Gasteiger partial charge is 0.160 e. The van der Waals surface area contributed by atoms with Crippen molar-refractivity contribution in [2.24, 2.45) is 0 Å². The molecule has 0 atom stereocenters. The summed E-state index contributed by atoms with van der Waals surface area (Å²) in [5.41, 5.74) is 12.8. The van der Waals surface area contributed by atoms with Crippen molar-refractivity contribution in [3.63, 3.8) is 0 Å². The van der Waals surface area contributed by atoms with E-state index in [9.17, 15) is 0 Å².